The molecule has 0 spiro atoms. The van der Waals surface area contributed by atoms with Gasteiger partial charge in [0.25, 0.3) is 5.91 Å². The Morgan fingerprint density at radius 2 is 2.00 bits per heavy atom. The fourth-order valence-electron chi connectivity index (χ4n) is 2.30. The van der Waals surface area contributed by atoms with Crippen LogP contribution >= 0.6 is 22.6 Å². The number of carbonyl (C=O) groups excluding carboxylic acids is 1. The molecule has 0 radical (unpaired) electrons. The van der Waals surface area contributed by atoms with Gasteiger partial charge in [0.2, 0.25) is 0 Å². The normalized spacial score (nSPS) is 17.0. The van der Waals surface area contributed by atoms with Crippen LogP contribution in [0.3, 0.4) is 0 Å². The first-order chi connectivity index (χ1) is 9.80. The monoisotopic (exact) mass is 421 g/mol. The number of hydrogen-bond donors (Lipinski definition) is 2. The van der Waals surface area contributed by atoms with Crippen LogP contribution in [0, 0.1) is 3.57 Å². The molecule has 2 heterocycles. The maximum atomic E-state index is 12.6. The highest BCUT2D eigenvalue weighted by Gasteiger charge is 2.38. The van der Waals surface area contributed by atoms with Crippen LogP contribution in [0.5, 0.6) is 0 Å². The maximum absolute atomic E-state index is 12.6. The van der Waals surface area contributed by atoms with E-state index < -0.39 is 22.2 Å². The van der Waals surface area contributed by atoms with Crippen molar-refractivity contribution in [3.8, 4) is 0 Å². The van der Waals surface area contributed by atoms with Gasteiger partial charge in [-0.05, 0) is 46.9 Å². The topological polar surface area (TPSA) is 106 Å². The number of carbonyl (C=O) groups is 1. The van der Waals surface area contributed by atoms with Gasteiger partial charge in [0.05, 0.1) is 11.6 Å². The smallest absolute Gasteiger partial charge is 0.308 e. The molecule has 0 unspecified atom stereocenters. The number of aliphatic hydroxyl groups is 1. The third-order valence-electron chi connectivity index (χ3n) is 3.36. The first-order valence-electron chi connectivity index (χ1n) is 6.10. The lowest BCUT2D eigenvalue weighted by molar-refractivity contribution is 0.0541. The molecule has 2 aromatic rings. The van der Waals surface area contributed by atoms with Gasteiger partial charge in [-0.15, -0.1) is 0 Å². The Balaban J connectivity index is 2.25. The van der Waals surface area contributed by atoms with Crippen molar-refractivity contribution >= 4 is 49.6 Å². The maximum Gasteiger partial charge on any atom is 0.308 e. The summed E-state index contributed by atoms with van der Waals surface area (Å²) in [6.45, 7) is 0.0369. The standard InChI is InChI=1S/C12H12IN3O4S/c13-8-1-2-10-7(3-8)4-11(12(14)18)16(10)21(19,20)15-5-9(17)6-15/h1-4,9,17H,5-6H2,(H2,14,18). The summed E-state index contributed by atoms with van der Waals surface area (Å²) in [6, 6.07) is 6.63. The average Bonchev–Trinajstić information content (AvgIpc) is 2.74. The predicted molar refractivity (Wildman–Crippen MR) is 85.1 cm³/mol. The van der Waals surface area contributed by atoms with Crippen molar-refractivity contribution in [2.75, 3.05) is 13.1 Å². The van der Waals surface area contributed by atoms with E-state index in [1.807, 2.05) is 0 Å². The third-order valence-corrected chi connectivity index (χ3v) is 5.83. The predicted octanol–water partition coefficient (Wildman–Crippen LogP) is 0.114. The zero-order chi connectivity index (χ0) is 15.4. The summed E-state index contributed by atoms with van der Waals surface area (Å²) in [7, 11) is -3.92. The van der Waals surface area contributed by atoms with E-state index in [1.54, 1.807) is 18.2 Å². The van der Waals surface area contributed by atoms with E-state index in [2.05, 4.69) is 22.6 Å². The first-order valence-corrected chi connectivity index (χ1v) is 8.58. The van der Waals surface area contributed by atoms with Crippen molar-refractivity contribution in [3.05, 3.63) is 33.5 Å². The molecule has 0 bridgehead atoms. The number of amides is 1. The molecule has 1 saturated heterocycles. The zero-order valence-corrected chi connectivity index (χ0v) is 13.7. The molecule has 0 saturated carbocycles. The molecule has 0 aliphatic carbocycles. The molecule has 1 fully saturated rings. The molecule has 1 aromatic heterocycles. The van der Waals surface area contributed by atoms with Crippen LogP contribution < -0.4 is 5.73 Å². The van der Waals surface area contributed by atoms with E-state index in [0.717, 1.165) is 11.8 Å². The van der Waals surface area contributed by atoms with Gasteiger partial charge < -0.3 is 10.8 Å². The summed E-state index contributed by atoms with van der Waals surface area (Å²) in [4.78, 5) is 11.6. The number of halogens is 1. The van der Waals surface area contributed by atoms with E-state index in [4.69, 9.17) is 5.73 Å². The molecule has 9 heteroatoms. The van der Waals surface area contributed by atoms with Gasteiger partial charge in [-0.1, -0.05) is 0 Å². The van der Waals surface area contributed by atoms with Crippen LogP contribution in [-0.4, -0.2) is 46.9 Å². The lowest BCUT2D eigenvalue weighted by Gasteiger charge is -2.35. The summed E-state index contributed by atoms with van der Waals surface area (Å²) in [5.74, 6) is -0.814. The second-order valence-electron chi connectivity index (χ2n) is 4.84. The number of hydrogen-bond acceptors (Lipinski definition) is 4. The van der Waals surface area contributed by atoms with E-state index in [9.17, 15) is 18.3 Å². The van der Waals surface area contributed by atoms with Crippen LogP contribution in [0.25, 0.3) is 10.9 Å². The minimum Gasteiger partial charge on any atom is -0.390 e. The Labute approximate surface area is 134 Å². The summed E-state index contributed by atoms with van der Waals surface area (Å²) in [5.41, 5.74) is 5.61. The third kappa shape index (κ3) is 2.33. The van der Waals surface area contributed by atoms with Crippen LogP contribution in [0.2, 0.25) is 0 Å². The van der Waals surface area contributed by atoms with Crippen LogP contribution in [0.4, 0.5) is 0 Å². The number of aliphatic hydroxyl groups excluding tert-OH is 1. The SMILES string of the molecule is NC(=O)c1cc2cc(I)ccc2n1S(=O)(=O)N1CC(O)C1. The fraction of sp³-hybridized carbons (Fsp3) is 0.250. The van der Waals surface area contributed by atoms with Gasteiger partial charge in [-0.3, -0.25) is 4.79 Å². The number of rotatable bonds is 3. The second kappa shape index (κ2) is 4.93. The molecule has 7 nitrogen and oxygen atoms in total. The molecule has 0 atom stereocenters. The summed E-state index contributed by atoms with van der Waals surface area (Å²) >= 11 is 2.10. The summed E-state index contributed by atoms with van der Waals surface area (Å²) in [5, 5.41) is 9.92. The molecular formula is C12H12IN3O4S. The number of fused-ring (bicyclic) bond motifs is 1. The fourth-order valence-corrected chi connectivity index (χ4v) is 4.58. The van der Waals surface area contributed by atoms with Crippen LogP contribution in [0.15, 0.2) is 24.3 Å². The summed E-state index contributed by atoms with van der Waals surface area (Å²) in [6.07, 6.45) is -0.667. The highest BCUT2D eigenvalue weighted by atomic mass is 127. The number of benzene rings is 1. The van der Waals surface area contributed by atoms with Crippen molar-refractivity contribution in [2.45, 2.75) is 6.10 Å². The van der Waals surface area contributed by atoms with Crippen molar-refractivity contribution < 1.29 is 18.3 Å². The Kier molecular flexibility index (Phi) is 3.47. The lowest BCUT2D eigenvalue weighted by atomic mass is 10.2. The average molecular weight is 421 g/mol. The van der Waals surface area contributed by atoms with Gasteiger partial charge in [-0.2, -0.15) is 12.7 Å². The molecular weight excluding hydrogens is 409 g/mol. The number of nitrogens with zero attached hydrogens (tertiary/aromatic N) is 2. The zero-order valence-electron chi connectivity index (χ0n) is 10.7. The largest absolute Gasteiger partial charge is 0.390 e. The van der Waals surface area contributed by atoms with Gasteiger partial charge >= 0.3 is 10.2 Å². The van der Waals surface area contributed by atoms with Crippen molar-refractivity contribution in [2.24, 2.45) is 5.73 Å². The molecule has 3 rings (SSSR count). The molecule has 1 aliphatic heterocycles. The first kappa shape index (κ1) is 14.8. The summed E-state index contributed by atoms with van der Waals surface area (Å²) < 4.78 is 28.2. The van der Waals surface area contributed by atoms with Gasteiger partial charge in [0, 0.05) is 22.0 Å². The Hall–Kier alpha value is -1.17. The lowest BCUT2D eigenvalue weighted by Crippen LogP contribution is -2.55. The second-order valence-corrected chi connectivity index (χ2v) is 7.86. The molecule has 1 aliphatic rings. The molecule has 112 valence electrons. The molecule has 21 heavy (non-hydrogen) atoms. The van der Waals surface area contributed by atoms with Crippen molar-refractivity contribution in [1.29, 1.82) is 0 Å². The van der Waals surface area contributed by atoms with Gasteiger partial charge in [0.1, 0.15) is 5.69 Å². The number of β-amino-alcohol motifs (C(OH)–C–C–N with tert-alkyl or cyclic N) is 1. The number of aromatic nitrogens is 1. The Morgan fingerprint density at radius 3 is 2.57 bits per heavy atom. The van der Waals surface area contributed by atoms with E-state index in [-0.39, 0.29) is 18.8 Å². The minimum atomic E-state index is -3.92. The number of primary amides is 1. The van der Waals surface area contributed by atoms with Crippen molar-refractivity contribution in [3.63, 3.8) is 0 Å². The van der Waals surface area contributed by atoms with E-state index in [1.165, 1.54) is 6.07 Å². The number of nitrogens with two attached hydrogens (primary N) is 1. The van der Waals surface area contributed by atoms with Gasteiger partial charge in [0.15, 0.2) is 0 Å². The van der Waals surface area contributed by atoms with Gasteiger partial charge in [-0.25, -0.2) is 3.97 Å². The highest BCUT2D eigenvalue weighted by Crippen LogP contribution is 2.27. The van der Waals surface area contributed by atoms with E-state index >= 15 is 0 Å². The minimum absolute atomic E-state index is 0.0184. The molecule has 3 N–H and O–H groups in total. The highest BCUT2D eigenvalue weighted by molar-refractivity contribution is 14.1. The van der Waals surface area contributed by atoms with Crippen LogP contribution in [-0.2, 0) is 10.2 Å². The van der Waals surface area contributed by atoms with Crippen molar-refractivity contribution in [1.82, 2.24) is 8.28 Å². The molecule has 1 amide bonds. The van der Waals surface area contributed by atoms with Crippen LogP contribution in [0.1, 0.15) is 10.5 Å². The Morgan fingerprint density at radius 1 is 1.33 bits per heavy atom. The van der Waals surface area contributed by atoms with E-state index in [0.29, 0.717) is 10.9 Å². The molecule has 1 aromatic carbocycles. The quantitative estimate of drug-likeness (QED) is 0.687. The Bertz CT molecular complexity index is 840.